The number of carbonyl (C=O) groups excluding carboxylic acids is 1. The van der Waals surface area contributed by atoms with E-state index in [0.717, 1.165) is 25.7 Å². The maximum absolute atomic E-state index is 11.4. The quantitative estimate of drug-likeness (QED) is 0.466. The third-order valence-corrected chi connectivity index (χ3v) is 2.56. The van der Waals surface area contributed by atoms with E-state index in [9.17, 15) is 14.9 Å². The Morgan fingerprint density at radius 1 is 1.26 bits per heavy atom. The van der Waals surface area contributed by atoms with Crippen molar-refractivity contribution in [3.05, 3.63) is 34.4 Å². The van der Waals surface area contributed by atoms with Gasteiger partial charge in [-0.3, -0.25) is 10.1 Å². The molecule has 0 atom stereocenters. The van der Waals surface area contributed by atoms with Crippen molar-refractivity contribution in [3.63, 3.8) is 0 Å². The lowest BCUT2D eigenvalue weighted by Gasteiger charge is -2.06. The molecule has 1 N–H and O–H groups in total. The van der Waals surface area contributed by atoms with Gasteiger partial charge in [0.25, 0.3) is 5.69 Å². The molecule has 0 aromatic heterocycles. The third-order valence-electron chi connectivity index (χ3n) is 2.56. The zero-order chi connectivity index (χ0) is 14.1. The highest BCUT2D eigenvalue weighted by atomic mass is 16.6. The predicted molar refractivity (Wildman–Crippen MR) is 71.3 cm³/mol. The number of amides is 1. The Hall–Kier alpha value is -2.11. The van der Waals surface area contributed by atoms with Crippen LogP contribution < -0.4 is 10.1 Å². The molecule has 0 aliphatic carbocycles. The Morgan fingerprint density at radius 2 is 1.95 bits per heavy atom. The highest BCUT2D eigenvalue weighted by molar-refractivity contribution is 5.70. The lowest BCUT2D eigenvalue weighted by atomic mass is 10.2. The van der Waals surface area contributed by atoms with Crippen LogP contribution in [0.5, 0.6) is 5.75 Å². The molecule has 6 heteroatoms. The second-order valence-electron chi connectivity index (χ2n) is 4.13. The average Bonchev–Trinajstić information content (AvgIpc) is 2.39. The number of nitro groups is 1. The molecule has 1 amide bonds. The molecule has 0 fully saturated rings. The number of ether oxygens (including phenoxy) is 1. The molecule has 1 aromatic rings. The summed E-state index contributed by atoms with van der Waals surface area (Å²) in [5.74, 6) is 0.289. The molecule has 0 radical (unpaired) electrons. The van der Waals surface area contributed by atoms with Crippen molar-refractivity contribution in [2.45, 2.75) is 32.6 Å². The molecule has 104 valence electrons. The van der Waals surface area contributed by atoms with E-state index in [1.165, 1.54) is 24.3 Å². The maximum atomic E-state index is 11.4. The van der Waals surface area contributed by atoms with E-state index in [1.54, 1.807) is 0 Å². The molecule has 0 saturated heterocycles. The van der Waals surface area contributed by atoms with Crippen LogP contribution in [0.15, 0.2) is 24.3 Å². The number of nitrogens with zero attached hydrogens (tertiary/aromatic N) is 1. The van der Waals surface area contributed by atoms with Crippen LogP contribution in [-0.4, -0.2) is 17.6 Å². The molecular weight excluding hydrogens is 248 g/mol. The molecular formula is C13H18N2O4. The Labute approximate surface area is 111 Å². The predicted octanol–water partition coefficient (Wildman–Crippen LogP) is 3.26. The second-order valence-corrected chi connectivity index (χ2v) is 4.13. The van der Waals surface area contributed by atoms with E-state index >= 15 is 0 Å². The molecule has 6 nitrogen and oxygen atoms in total. The first-order valence-corrected chi connectivity index (χ1v) is 6.33. The zero-order valence-electron chi connectivity index (χ0n) is 10.9. The normalized spacial score (nSPS) is 9.95. The number of nitrogens with one attached hydrogen (secondary N) is 1. The fraction of sp³-hybridized carbons (Fsp3) is 0.462. The molecule has 0 aliphatic rings. The topological polar surface area (TPSA) is 81.5 Å². The van der Waals surface area contributed by atoms with Crippen LogP contribution in [0.1, 0.15) is 32.6 Å². The van der Waals surface area contributed by atoms with Crippen molar-refractivity contribution in [3.8, 4) is 5.75 Å². The van der Waals surface area contributed by atoms with E-state index in [2.05, 4.69) is 12.2 Å². The maximum Gasteiger partial charge on any atom is 0.412 e. The van der Waals surface area contributed by atoms with E-state index in [1.807, 2.05) is 0 Å². The SMILES string of the molecule is CCCCCCNC(=O)Oc1ccc([N+](=O)[O-])cc1. The van der Waals surface area contributed by atoms with Crippen LogP contribution in [0.2, 0.25) is 0 Å². The number of carbonyl (C=O) groups is 1. The van der Waals surface area contributed by atoms with Crippen molar-refractivity contribution in [1.82, 2.24) is 5.32 Å². The number of rotatable bonds is 7. The van der Waals surface area contributed by atoms with Crippen LogP contribution in [-0.2, 0) is 0 Å². The van der Waals surface area contributed by atoms with Crippen molar-refractivity contribution in [2.75, 3.05) is 6.54 Å². The lowest BCUT2D eigenvalue weighted by molar-refractivity contribution is -0.384. The minimum atomic E-state index is -0.537. The van der Waals surface area contributed by atoms with Gasteiger partial charge in [0.15, 0.2) is 0 Å². The number of hydrogen-bond donors (Lipinski definition) is 1. The fourth-order valence-corrected chi connectivity index (χ4v) is 1.52. The molecule has 0 unspecified atom stereocenters. The Kier molecular flexibility index (Phi) is 6.35. The summed E-state index contributed by atoms with van der Waals surface area (Å²) in [7, 11) is 0. The lowest BCUT2D eigenvalue weighted by Crippen LogP contribution is -2.27. The fourth-order valence-electron chi connectivity index (χ4n) is 1.52. The summed E-state index contributed by atoms with van der Waals surface area (Å²) >= 11 is 0. The van der Waals surface area contributed by atoms with Gasteiger partial charge in [-0.05, 0) is 18.6 Å². The molecule has 0 bridgehead atoms. The number of nitro benzene ring substituents is 1. The Morgan fingerprint density at radius 3 is 2.53 bits per heavy atom. The van der Waals surface area contributed by atoms with Crippen LogP contribution in [0, 0.1) is 10.1 Å². The first-order chi connectivity index (χ1) is 9.13. The number of benzene rings is 1. The number of non-ortho nitro benzene ring substituents is 1. The van der Waals surface area contributed by atoms with Crippen molar-refractivity contribution in [1.29, 1.82) is 0 Å². The second kappa shape index (κ2) is 8.07. The Balaban J connectivity index is 2.30. The standard InChI is InChI=1S/C13H18N2O4/c1-2-3-4-5-10-14-13(16)19-12-8-6-11(7-9-12)15(17)18/h6-9H,2-5,10H2,1H3,(H,14,16). The summed E-state index contributed by atoms with van der Waals surface area (Å²) in [6.07, 6.45) is 3.76. The average molecular weight is 266 g/mol. The molecule has 0 saturated carbocycles. The van der Waals surface area contributed by atoms with Crippen molar-refractivity contribution >= 4 is 11.8 Å². The summed E-state index contributed by atoms with van der Waals surface area (Å²) in [6, 6.07) is 5.39. The first kappa shape index (κ1) is 14.9. The summed E-state index contributed by atoms with van der Waals surface area (Å²) in [4.78, 5) is 21.3. The summed E-state index contributed by atoms with van der Waals surface area (Å²) < 4.78 is 4.98. The van der Waals surface area contributed by atoms with Gasteiger partial charge >= 0.3 is 6.09 Å². The smallest absolute Gasteiger partial charge is 0.410 e. The van der Waals surface area contributed by atoms with Crippen LogP contribution in [0.3, 0.4) is 0 Å². The number of hydrogen-bond acceptors (Lipinski definition) is 4. The van der Waals surface area contributed by atoms with Gasteiger partial charge in [0.1, 0.15) is 5.75 Å². The third kappa shape index (κ3) is 5.85. The molecule has 0 heterocycles. The summed E-state index contributed by atoms with van der Waals surface area (Å²) in [5.41, 5.74) is -0.0349. The molecule has 0 aliphatic heterocycles. The van der Waals surface area contributed by atoms with Gasteiger partial charge in [0.2, 0.25) is 0 Å². The van der Waals surface area contributed by atoms with Gasteiger partial charge in [-0.15, -0.1) is 0 Å². The highest BCUT2D eigenvalue weighted by Crippen LogP contribution is 2.17. The van der Waals surface area contributed by atoms with E-state index in [-0.39, 0.29) is 11.4 Å². The van der Waals surface area contributed by atoms with Gasteiger partial charge < -0.3 is 10.1 Å². The van der Waals surface area contributed by atoms with Gasteiger partial charge in [-0.25, -0.2) is 4.79 Å². The van der Waals surface area contributed by atoms with E-state index in [0.29, 0.717) is 6.54 Å². The zero-order valence-corrected chi connectivity index (χ0v) is 10.9. The van der Waals surface area contributed by atoms with Gasteiger partial charge in [0.05, 0.1) is 4.92 Å². The van der Waals surface area contributed by atoms with Crippen LogP contribution in [0.4, 0.5) is 10.5 Å². The van der Waals surface area contributed by atoms with Gasteiger partial charge in [-0.2, -0.15) is 0 Å². The molecule has 19 heavy (non-hydrogen) atoms. The Bertz CT molecular complexity index is 417. The largest absolute Gasteiger partial charge is 0.412 e. The highest BCUT2D eigenvalue weighted by Gasteiger charge is 2.07. The van der Waals surface area contributed by atoms with E-state index < -0.39 is 11.0 Å². The first-order valence-electron chi connectivity index (χ1n) is 6.33. The van der Waals surface area contributed by atoms with Gasteiger partial charge in [0, 0.05) is 18.7 Å². The van der Waals surface area contributed by atoms with E-state index in [4.69, 9.17) is 4.74 Å². The van der Waals surface area contributed by atoms with Crippen molar-refractivity contribution in [2.24, 2.45) is 0 Å². The van der Waals surface area contributed by atoms with Crippen molar-refractivity contribution < 1.29 is 14.5 Å². The van der Waals surface area contributed by atoms with Gasteiger partial charge in [-0.1, -0.05) is 26.2 Å². The van der Waals surface area contributed by atoms with Crippen LogP contribution >= 0.6 is 0 Å². The minimum absolute atomic E-state index is 0.0349. The van der Waals surface area contributed by atoms with Crippen LogP contribution in [0.25, 0.3) is 0 Å². The number of unbranched alkanes of at least 4 members (excludes halogenated alkanes) is 3. The summed E-state index contributed by atoms with van der Waals surface area (Å²) in [6.45, 7) is 2.70. The minimum Gasteiger partial charge on any atom is -0.410 e. The summed E-state index contributed by atoms with van der Waals surface area (Å²) in [5, 5.41) is 13.1. The molecule has 0 spiro atoms. The molecule has 1 rings (SSSR count). The monoisotopic (exact) mass is 266 g/mol. The molecule has 1 aromatic carbocycles.